The van der Waals surface area contributed by atoms with E-state index >= 15 is 0 Å². The van der Waals surface area contributed by atoms with Gasteiger partial charge in [0.15, 0.2) is 0 Å². The van der Waals surface area contributed by atoms with Crippen LogP contribution in [-0.2, 0) is 9.53 Å². The highest BCUT2D eigenvalue weighted by Gasteiger charge is 2.24. The molecule has 0 radical (unpaired) electrons. The lowest BCUT2D eigenvalue weighted by atomic mass is 9.94. The van der Waals surface area contributed by atoms with Gasteiger partial charge in [-0.15, -0.1) is 0 Å². The van der Waals surface area contributed by atoms with Crippen molar-refractivity contribution in [3.8, 4) is 0 Å². The van der Waals surface area contributed by atoms with Crippen molar-refractivity contribution in [2.24, 2.45) is 5.73 Å². The van der Waals surface area contributed by atoms with Crippen LogP contribution in [0, 0.1) is 0 Å². The predicted molar refractivity (Wildman–Crippen MR) is 68.7 cm³/mol. The zero-order chi connectivity index (χ0) is 12.7. The summed E-state index contributed by atoms with van der Waals surface area (Å²) < 4.78 is 5.51. The third-order valence-electron chi connectivity index (χ3n) is 3.64. The molecule has 1 fully saturated rings. The quantitative estimate of drug-likeness (QED) is 0.712. The summed E-state index contributed by atoms with van der Waals surface area (Å²) in [6, 6.07) is 0. The number of hydrogen-bond acceptors (Lipinski definition) is 3. The van der Waals surface area contributed by atoms with E-state index in [1.807, 2.05) is 0 Å². The maximum absolute atomic E-state index is 11.8. The Morgan fingerprint density at radius 3 is 2.88 bits per heavy atom. The molecule has 1 heterocycles. The minimum Gasteiger partial charge on any atom is -0.378 e. The van der Waals surface area contributed by atoms with Crippen LogP contribution in [-0.4, -0.2) is 30.7 Å². The van der Waals surface area contributed by atoms with Crippen molar-refractivity contribution >= 4 is 5.91 Å². The van der Waals surface area contributed by atoms with Gasteiger partial charge in [-0.25, -0.2) is 0 Å². The summed E-state index contributed by atoms with van der Waals surface area (Å²) in [5.74, 6) is 0.123. The second-order valence-electron chi connectivity index (χ2n) is 5.17. The van der Waals surface area contributed by atoms with Crippen molar-refractivity contribution in [3.05, 3.63) is 0 Å². The first-order valence-corrected chi connectivity index (χ1v) is 6.72. The molecule has 1 aliphatic rings. The first-order valence-electron chi connectivity index (χ1n) is 6.72. The first kappa shape index (κ1) is 14.5. The summed E-state index contributed by atoms with van der Waals surface area (Å²) >= 11 is 0. The predicted octanol–water partition coefficient (Wildman–Crippen LogP) is 1.58. The van der Waals surface area contributed by atoms with E-state index < -0.39 is 0 Å². The lowest BCUT2D eigenvalue weighted by molar-refractivity contribution is -0.123. The largest absolute Gasteiger partial charge is 0.378 e. The zero-order valence-electron chi connectivity index (χ0n) is 11.1. The number of amides is 1. The van der Waals surface area contributed by atoms with Gasteiger partial charge in [-0.1, -0.05) is 6.92 Å². The fourth-order valence-electron chi connectivity index (χ4n) is 2.21. The number of hydrogen-bond donors (Lipinski definition) is 2. The van der Waals surface area contributed by atoms with Crippen LogP contribution in [0.3, 0.4) is 0 Å². The molecule has 0 aromatic carbocycles. The summed E-state index contributed by atoms with van der Waals surface area (Å²) in [4.78, 5) is 11.8. The molecule has 1 rings (SSSR count). The topological polar surface area (TPSA) is 64.3 Å². The average Bonchev–Trinajstić information content (AvgIpc) is 2.79. The van der Waals surface area contributed by atoms with Crippen LogP contribution in [0.4, 0.5) is 0 Å². The van der Waals surface area contributed by atoms with E-state index in [-0.39, 0.29) is 11.4 Å². The Balaban J connectivity index is 2.26. The summed E-state index contributed by atoms with van der Waals surface area (Å²) in [7, 11) is 0. The molecule has 0 aromatic rings. The molecule has 0 spiro atoms. The number of carbonyl (C=O) groups excluding carboxylic acids is 1. The lowest BCUT2D eigenvalue weighted by Crippen LogP contribution is -2.46. The molecule has 0 aromatic heterocycles. The third kappa shape index (κ3) is 5.04. The molecule has 0 bridgehead atoms. The molecule has 4 heteroatoms. The molecular formula is C13H26N2O2. The van der Waals surface area contributed by atoms with Gasteiger partial charge in [-0.2, -0.15) is 0 Å². The Morgan fingerprint density at radius 1 is 1.59 bits per heavy atom. The Labute approximate surface area is 104 Å². The normalized spacial score (nSPS) is 23.4. The Kier molecular flexibility index (Phi) is 5.92. The van der Waals surface area contributed by atoms with Crippen LogP contribution < -0.4 is 11.1 Å². The van der Waals surface area contributed by atoms with Crippen molar-refractivity contribution < 1.29 is 9.53 Å². The van der Waals surface area contributed by atoms with E-state index in [0.717, 1.165) is 38.7 Å². The van der Waals surface area contributed by atoms with Gasteiger partial charge in [0.2, 0.25) is 5.91 Å². The van der Waals surface area contributed by atoms with Crippen LogP contribution in [0.25, 0.3) is 0 Å². The van der Waals surface area contributed by atoms with Crippen LogP contribution in [0.2, 0.25) is 0 Å². The molecule has 1 amide bonds. The molecule has 100 valence electrons. The third-order valence-corrected chi connectivity index (χ3v) is 3.64. The Morgan fingerprint density at radius 2 is 2.35 bits per heavy atom. The molecule has 1 saturated heterocycles. The first-order chi connectivity index (χ1) is 8.09. The molecule has 4 nitrogen and oxygen atoms in total. The van der Waals surface area contributed by atoms with Crippen molar-refractivity contribution in [1.29, 1.82) is 0 Å². The van der Waals surface area contributed by atoms with Crippen LogP contribution >= 0.6 is 0 Å². The van der Waals surface area contributed by atoms with E-state index in [4.69, 9.17) is 10.5 Å². The molecule has 2 atom stereocenters. The molecule has 0 aliphatic carbocycles. The number of nitrogens with one attached hydrogen (secondary N) is 1. The minimum absolute atomic E-state index is 0.123. The Bertz CT molecular complexity index is 240. The van der Waals surface area contributed by atoms with E-state index in [2.05, 4.69) is 19.2 Å². The van der Waals surface area contributed by atoms with Gasteiger partial charge in [0, 0.05) is 18.6 Å². The van der Waals surface area contributed by atoms with E-state index in [1.165, 1.54) is 0 Å². The summed E-state index contributed by atoms with van der Waals surface area (Å²) in [5, 5.41) is 3.09. The second kappa shape index (κ2) is 6.97. The number of ether oxygens (including phenoxy) is 1. The molecule has 0 saturated carbocycles. The van der Waals surface area contributed by atoms with Crippen LogP contribution in [0.1, 0.15) is 52.4 Å². The van der Waals surface area contributed by atoms with Crippen molar-refractivity contribution in [1.82, 2.24) is 5.32 Å². The van der Waals surface area contributed by atoms with Gasteiger partial charge in [0.1, 0.15) is 0 Å². The number of rotatable bonds is 7. The maximum Gasteiger partial charge on any atom is 0.220 e. The molecule has 17 heavy (non-hydrogen) atoms. The average molecular weight is 242 g/mol. The highest BCUT2D eigenvalue weighted by atomic mass is 16.5. The van der Waals surface area contributed by atoms with E-state index in [0.29, 0.717) is 19.1 Å². The van der Waals surface area contributed by atoms with Gasteiger partial charge >= 0.3 is 0 Å². The SMILES string of the molecule is CCC(C)(CCN)NC(=O)CCC1CCCO1. The standard InChI is InChI=1S/C13H26N2O2/c1-3-13(2,8-9-14)15-12(16)7-6-11-5-4-10-17-11/h11H,3-10,14H2,1-2H3,(H,15,16). The van der Waals surface area contributed by atoms with E-state index in [1.54, 1.807) is 0 Å². The summed E-state index contributed by atoms with van der Waals surface area (Å²) in [6.07, 6.45) is 5.67. The fourth-order valence-corrected chi connectivity index (χ4v) is 2.21. The summed E-state index contributed by atoms with van der Waals surface area (Å²) in [6.45, 7) is 5.60. The van der Waals surface area contributed by atoms with Crippen molar-refractivity contribution in [3.63, 3.8) is 0 Å². The fraction of sp³-hybridized carbons (Fsp3) is 0.923. The second-order valence-corrected chi connectivity index (χ2v) is 5.17. The maximum atomic E-state index is 11.8. The minimum atomic E-state index is -0.150. The number of carbonyl (C=O) groups is 1. The molecule has 3 N–H and O–H groups in total. The highest BCUT2D eigenvalue weighted by molar-refractivity contribution is 5.76. The van der Waals surface area contributed by atoms with E-state index in [9.17, 15) is 4.79 Å². The molecular weight excluding hydrogens is 216 g/mol. The summed E-state index contributed by atoms with van der Waals surface area (Å²) in [5.41, 5.74) is 5.42. The van der Waals surface area contributed by atoms with Crippen molar-refractivity contribution in [2.45, 2.75) is 64.0 Å². The van der Waals surface area contributed by atoms with Crippen molar-refractivity contribution in [2.75, 3.05) is 13.2 Å². The van der Waals surface area contributed by atoms with Gasteiger partial charge in [-0.3, -0.25) is 4.79 Å². The van der Waals surface area contributed by atoms with Gasteiger partial charge < -0.3 is 15.8 Å². The Hall–Kier alpha value is -0.610. The van der Waals surface area contributed by atoms with Crippen LogP contribution in [0.15, 0.2) is 0 Å². The monoisotopic (exact) mass is 242 g/mol. The van der Waals surface area contributed by atoms with Gasteiger partial charge in [0.25, 0.3) is 0 Å². The van der Waals surface area contributed by atoms with Crippen LogP contribution in [0.5, 0.6) is 0 Å². The molecule has 2 unspecified atom stereocenters. The number of nitrogens with two attached hydrogens (primary N) is 1. The van der Waals surface area contributed by atoms with Gasteiger partial charge in [0.05, 0.1) is 6.10 Å². The smallest absolute Gasteiger partial charge is 0.220 e. The zero-order valence-corrected chi connectivity index (χ0v) is 11.1. The molecule has 1 aliphatic heterocycles. The van der Waals surface area contributed by atoms with Gasteiger partial charge in [-0.05, 0) is 45.6 Å². The highest BCUT2D eigenvalue weighted by Crippen LogP contribution is 2.18. The lowest BCUT2D eigenvalue weighted by Gasteiger charge is -2.29.